The maximum atomic E-state index is 12.8. The summed E-state index contributed by atoms with van der Waals surface area (Å²) in [4.78, 5) is 14.0. The van der Waals surface area contributed by atoms with E-state index in [-0.39, 0.29) is 36.7 Å². The first kappa shape index (κ1) is 15.6. The van der Waals surface area contributed by atoms with Crippen LogP contribution in [0.25, 0.3) is 0 Å². The Labute approximate surface area is 133 Å². The summed E-state index contributed by atoms with van der Waals surface area (Å²) in [5.74, 6) is 0.734. The normalized spacial score (nSPS) is 13.8. The molecule has 23 heavy (non-hydrogen) atoms. The highest BCUT2D eigenvalue weighted by Crippen LogP contribution is 2.28. The van der Waals surface area contributed by atoms with Gasteiger partial charge in [-0.2, -0.15) is 0 Å². The fourth-order valence-corrected chi connectivity index (χ4v) is 2.34. The molecule has 6 heteroatoms. The van der Waals surface area contributed by atoms with Crippen molar-refractivity contribution in [3.05, 3.63) is 53.7 Å². The summed E-state index contributed by atoms with van der Waals surface area (Å²) in [6.07, 6.45) is 1.93. The first-order valence-corrected chi connectivity index (χ1v) is 7.56. The van der Waals surface area contributed by atoms with Gasteiger partial charge in [-0.05, 0) is 49.2 Å². The van der Waals surface area contributed by atoms with Crippen LogP contribution in [0, 0.1) is 5.82 Å². The van der Waals surface area contributed by atoms with E-state index in [4.69, 9.17) is 14.3 Å². The van der Waals surface area contributed by atoms with Gasteiger partial charge < -0.3 is 19.2 Å². The predicted octanol–water partition coefficient (Wildman–Crippen LogP) is 2.59. The molecule has 0 spiro atoms. The molecule has 1 aromatic heterocycles. The highest BCUT2D eigenvalue weighted by Gasteiger charge is 2.33. The Morgan fingerprint density at radius 3 is 2.65 bits per heavy atom. The third kappa shape index (κ3) is 3.90. The molecule has 5 nitrogen and oxygen atoms in total. The molecule has 1 N–H and O–H groups in total. The van der Waals surface area contributed by atoms with Crippen molar-refractivity contribution in [3.8, 4) is 5.75 Å². The van der Waals surface area contributed by atoms with Gasteiger partial charge in [0.1, 0.15) is 23.9 Å². The summed E-state index contributed by atoms with van der Waals surface area (Å²) in [6, 6.07) is 9.18. The lowest BCUT2D eigenvalue weighted by molar-refractivity contribution is 0.0671. The first-order chi connectivity index (χ1) is 11.2. The smallest absolute Gasteiger partial charge is 0.289 e. The van der Waals surface area contributed by atoms with Crippen LogP contribution in [0.15, 0.2) is 40.8 Å². The van der Waals surface area contributed by atoms with Gasteiger partial charge in [0.15, 0.2) is 5.76 Å². The van der Waals surface area contributed by atoms with E-state index < -0.39 is 0 Å². The molecule has 1 amide bonds. The fraction of sp³-hybridized carbons (Fsp3) is 0.353. The molecule has 3 rings (SSSR count). The standard InChI is InChI=1S/C17H18FNO4/c18-12-1-5-14(6-2-12)22-11-15-7-8-16(23-15)17(21)19(9-10-20)13-3-4-13/h1-2,5-8,13,20H,3-4,9-11H2. The van der Waals surface area contributed by atoms with Gasteiger partial charge in [-0.3, -0.25) is 4.79 Å². The molecule has 0 aliphatic heterocycles. The second-order valence-electron chi connectivity index (χ2n) is 5.46. The summed E-state index contributed by atoms with van der Waals surface area (Å²) >= 11 is 0. The molecular weight excluding hydrogens is 301 g/mol. The number of amides is 1. The second-order valence-corrected chi connectivity index (χ2v) is 5.46. The molecule has 0 bridgehead atoms. The van der Waals surface area contributed by atoms with Crippen LogP contribution in [-0.2, 0) is 6.61 Å². The average molecular weight is 319 g/mol. The molecule has 2 aromatic rings. The molecular formula is C17H18FNO4. The summed E-state index contributed by atoms with van der Waals surface area (Å²) in [5, 5.41) is 9.07. The van der Waals surface area contributed by atoms with E-state index in [1.807, 2.05) is 0 Å². The van der Waals surface area contributed by atoms with Gasteiger partial charge in [0.25, 0.3) is 5.91 Å². The molecule has 1 fully saturated rings. The van der Waals surface area contributed by atoms with Crippen molar-refractivity contribution in [1.82, 2.24) is 4.90 Å². The first-order valence-electron chi connectivity index (χ1n) is 7.56. The second kappa shape index (κ2) is 6.83. The molecule has 1 heterocycles. The molecule has 1 aromatic carbocycles. The van der Waals surface area contributed by atoms with E-state index in [9.17, 15) is 9.18 Å². The third-order valence-electron chi connectivity index (χ3n) is 3.66. The van der Waals surface area contributed by atoms with Crippen LogP contribution in [0.4, 0.5) is 4.39 Å². The van der Waals surface area contributed by atoms with Crippen LogP contribution in [-0.4, -0.2) is 35.1 Å². The van der Waals surface area contributed by atoms with Crippen molar-refractivity contribution in [2.24, 2.45) is 0 Å². The number of nitrogens with zero attached hydrogens (tertiary/aromatic N) is 1. The number of carbonyl (C=O) groups excluding carboxylic acids is 1. The zero-order chi connectivity index (χ0) is 16.2. The Bertz CT molecular complexity index is 663. The number of hydrogen-bond donors (Lipinski definition) is 1. The van der Waals surface area contributed by atoms with Gasteiger partial charge in [-0.25, -0.2) is 4.39 Å². The Kier molecular flexibility index (Phi) is 4.62. The molecule has 1 aliphatic rings. The van der Waals surface area contributed by atoms with Crippen LogP contribution in [0.2, 0.25) is 0 Å². The van der Waals surface area contributed by atoms with E-state index in [1.165, 1.54) is 24.3 Å². The molecule has 1 aliphatic carbocycles. The van der Waals surface area contributed by atoms with Crippen molar-refractivity contribution in [3.63, 3.8) is 0 Å². The monoisotopic (exact) mass is 319 g/mol. The van der Waals surface area contributed by atoms with Crippen LogP contribution >= 0.6 is 0 Å². The maximum absolute atomic E-state index is 12.8. The molecule has 0 unspecified atom stereocenters. The Hall–Kier alpha value is -2.34. The molecule has 122 valence electrons. The number of ether oxygens (including phenoxy) is 1. The van der Waals surface area contributed by atoms with Crippen molar-refractivity contribution in [1.29, 1.82) is 0 Å². The number of rotatable bonds is 7. The molecule has 0 atom stereocenters. The van der Waals surface area contributed by atoms with E-state index in [0.29, 0.717) is 18.1 Å². The van der Waals surface area contributed by atoms with Crippen LogP contribution in [0.3, 0.4) is 0 Å². The van der Waals surface area contributed by atoms with Gasteiger partial charge in [-0.1, -0.05) is 0 Å². The van der Waals surface area contributed by atoms with Crippen LogP contribution in [0.1, 0.15) is 29.2 Å². The van der Waals surface area contributed by atoms with Gasteiger partial charge in [0.2, 0.25) is 0 Å². The van der Waals surface area contributed by atoms with Gasteiger partial charge >= 0.3 is 0 Å². The Balaban J connectivity index is 1.60. The number of aliphatic hydroxyl groups is 1. The van der Waals surface area contributed by atoms with Gasteiger partial charge in [-0.15, -0.1) is 0 Å². The average Bonchev–Trinajstić information content (AvgIpc) is 3.29. The fourth-order valence-electron chi connectivity index (χ4n) is 2.34. The van der Waals surface area contributed by atoms with Gasteiger partial charge in [0.05, 0.1) is 6.61 Å². The largest absolute Gasteiger partial charge is 0.486 e. The maximum Gasteiger partial charge on any atom is 0.289 e. The summed E-state index contributed by atoms with van der Waals surface area (Å²) in [5.41, 5.74) is 0. The zero-order valence-electron chi connectivity index (χ0n) is 12.6. The van der Waals surface area contributed by atoms with Crippen molar-refractivity contribution in [2.45, 2.75) is 25.5 Å². The van der Waals surface area contributed by atoms with Crippen LogP contribution < -0.4 is 4.74 Å². The number of aliphatic hydroxyl groups excluding tert-OH is 1. The zero-order valence-corrected chi connectivity index (χ0v) is 12.6. The summed E-state index contributed by atoms with van der Waals surface area (Å²) < 4.78 is 23.8. The third-order valence-corrected chi connectivity index (χ3v) is 3.66. The molecule has 0 radical (unpaired) electrons. The Morgan fingerprint density at radius 1 is 1.26 bits per heavy atom. The van der Waals surface area contributed by atoms with Crippen LogP contribution in [0.5, 0.6) is 5.75 Å². The quantitative estimate of drug-likeness (QED) is 0.852. The van der Waals surface area contributed by atoms with E-state index in [0.717, 1.165) is 12.8 Å². The van der Waals surface area contributed by atoms with Gasteiger partial charge in [0, 0.05) is 12.6 Å². The minimum atomic E-state index is -0.327. The predicted molar refractivity (Wildman–Crippen MR) is 80.6 cm³/mol. The van der Waals surface area contributed by atoms with E-state index >= 15 is 0 Å². The summed E-state index contributed by atoms with van der Waals surface area (Å²) in [6.45, 7) is 0.400. The Morgan fingerprint density at radius 2 is 2.00 bits per heavy atom. The topological polar surface area (TPSA) is 62.9 Å². The van der Waals surface area contributed by atoms with Crippen molar-refractivity contribution in [2.75, 3.05) is 13.2 Å². The van der Waals surface area contributed by atoms with E-state index in [1.54, 1.807) is 17.0 Å². The lowest BCUT2D eigenvalue weighted by Gasteiger charge is -2.19. The minimum Gasteiger partial charge on any atom is -0.486 e. The van der Waals surface area contributed by atoms with Crippen molar-refractivity contribution >= 4 is 5.91 Å². The number of hydrogen-bond acceptors (Lipinski definition) is 4. The van der Waals surface area contributed by atoms with Crippen molar-refractivity contribution < 1.29 is 23.4 Å². The SMILES string of the molecule is O=C(c1ccc(COc2ccc(F)cc2)o1)N(CCO)C1CC1. The minimum absolute atomic E-state index is 0.0660. The lowest BCUT2D eigenvalue weighted by atomic mass is 10.3. The lowest BCUT2D eigenvalue weighted by Crippen LogP contribution is -2.35. The number of carbonyl (C=O) groups is 1. The molecule has 1 saturated carbocycles. The highest BCUT2D eigenvalue weighted by molar-refractivity contribution is 5.92. The number of halogens is 1. The number of furan rings is 1. The molecule has 0 saturated heterocycles. The highest BCUT2D eigenvalue weighted by atomic mass is 19.1. The van der Waals surface area contributed by atoms with E-state index in [2.05, 4.69) is 0 Å². The summed E-state index contributed by atoms with van der Waals surface area (Å²) in [7, 11) is 0. The number of benzene rings is 1.